The maximum atomic E-state index is 13.5. The molecule has 0 bridgehead atoms. The number of halogens is 2. The van der Waals surface area contributed by atoms with Gasteiger partial charge in [0.2, 0.25) is 5.91 Å². The molecule has 0 atom stereocenters. The van der Waals surface area contributed by atoms with Crippen molar-refractivity contribution in [1.29, 1.82) is 0 Å². The van der Waals surface area contributed by atoms with E-state index in [2.05, 4.69) is 45.7 Å². The lowest BCUT2D eigenvalue weighted by atomic mass is 10.0. The Hall–Kier alpha value is -4.38. The molecule has 0 saturated heterocycles. The molecule has 4 rings (SSSR count). The third-order valence-electron chi connectivity index (χ3n) is 7.54. The van der Waals surface area contributed by atoms with Gasteiger partial charge in [0.15, 0.2) is 0 Å². The molecule has 0 saturated carbocycles. The topological polar surface area (TPSA) is 88.4 Å². The third kappa shape index (κ3) is 8.13. The molecule has 43 heavy (non-hydrogen) atoms. The molecule has 1 amide bonds. The van der Waals surface area contributed by atoms with Crippen LogP contribution in [-0.4, -0.2) is 70.4 Å². The molecule has 9 nitrogen and oxygen atoms in total. The summed E-state index contributed by atoms with van der Waals surface area (Å²) in [5, 5.41) is 8.17. The summed E-state index contributed by atoms with van der Waals surface area (Å²) in [5.74, 6) is -0.297. The van der Waals surface area contributed by atoms with E-state index in [4.69, 9.17) is 4.74 Å². The van der Waals surface area contributed by atoms with Gasteiger partial charge in [-0.2, -0.15) is 13.9 Å². The van der Waals surface area contributed by atoms with Crippen molar-refractivity contribution in [3.63, 3.8) is 0 Å². The standard InChI is InChI=1S/C32H39F2N7O2/c1-6-31(42)38-27-17-23(30(43-32(33)34)19-29(27)39(4)14-15-41(7-2)8-3)10-9-11-25-18-26(36-21-35-25)22-12-13-28-24(16-22)20-37-40(28)5/h6,12-13,16-21,32H,1,7-11,14-15H2,2-5H3,(H,38,42). The molecule has 2 aromatic carbocycles. The fourth-order valence-corrected chi connectivity index (χ4v) is 5.04. The molecule has 0 aliphatic rings. The Kier molecular flexibility index (Phi) is 10.8. The number of nitrogens with one attached hydrogen (secondary N) is 1. The highest BCUT2D eigenvalue weighted by molar-refractivity contribution is 6.01. The zero-order valence-electron chi connectivity index (χ0n) is 25.2. The number of hydrogen-bond acceptors (Lipinski definition) is 7. The Bertz CT molecular complexity index is 1550. The van der Waals surface area contributed by atoms with Gasteiger partial charge in [-0.25, -0.2) is 9.97 Å². The van der Waals surface area contributed by atoms with E-state index in [-0.39, 0.29) is 11.7 Å². The number of fused-ring (bicyclic) bond motifs is 1. The lowest BCUT2D eigenvalue weighted by molar-refractivity contribution is -0.111. The fraction of sp³-hybridized carbons (Fsp3) is 0.375. The van der Waals surface area contributed by atoms with E-state index in [0.717, 1.165) is 47.5 Å². The SMILES string of the molecule is C=CC(=O)Nc1cc(CCCc2cc(-c3ccc4c(cnn4C)c3)ncn2)c(OC(F)F)cc1N(C)CCN(CC)CC. The van der Waals surface area contributed by atoms with E-state index in [1.54, 1.807) is 12.1 Å². The number of rotatable bonds is 15. The number of anilines is 2. The molecule has 0 unspecified atom stereocenters. The number of carbonyl (C=O) groups excluding carboxylic acids is 1. The van der Waals surface area contributed by atoms with Gasteiger partial charge in [0, 0.05) is 49.9 Å². The Labute approximate surface area is 251 Å². The first-order chi connectivity index (χ1) is 20.7. The Morgan fingerprint density at radius 1 is 1.12 bits per heavy atom. The normalized spacial score (nSPS) is 11.3. The molecule has 0 spiro atoms. The van der Waals surface area contributed by atoms with Crippen LogP contribution >= 0.6 is 0 Å². The Balaban J connectivity index is 1.54. The van der Waals surface area contributed by atoms with Gasteiger partial charge in [-0.1, -0.05) is 26.5 Å². The molecule has 228 valence electrons. The maximum absolute atomic E-state index is 13.5. The number of amides is 1. The Morgan fingerprint density at radius 2 is 1.91 bits per heavy atom. The second kappa shape index (κ2) is 14.7. The molecule has 2 heterocycles. The maximum Gasteiger partial charge on any atom is 0.387 e. The van der Waals surface area contributed by atoms with Crippen molar-refractivity contribution in [2.45, 2.75) is 39.7 Å². The molecular formula is C32H39F2N7O2. The first-order valence-electron chi connectivity index (χ1n) is 14.4. The monoisotopic (exact) mass is 591 g/mol. The summed E-state index contributed by atoms with van der Waals surface area (Å²) in [5.41, 5.74) is 5.29. The molecule has 0 aliphatic heterocycles. The molecule has 0 radical (unpaired) electrons. The number of benzene rings is 2. The molecular weight excluding hydrogens is 552 g/mol. The van der Waals surface area contributed by atoms with Crippen LogP contribution in [-0.2, 0) is 24.7 Å². The summed E-state index contributed by atoms with van der Waals surface area (Å²) >= 11 is 0. The van der Waals surface area contributed by atoms with Crippen molar-refractivity contribution in [2.75, 3.05) is 43.4 Å². The van der Waals surface area contributed by atoms with Crippen LogP contribution in [0.2, 0.25) is 0 Å². The summed E-state index contributed by atoms with van der Waals surface area (Å²) in [6.45, 7) is 7.96. The predicted molar refractivity (Wildman–Crippen MR) is 167 cm³/mol. The minimum absolute atomic E-state index is 0.0874. The highest BCUT2D eigenvalue weighted by atomic mass is 19.3. The van der Waals surface area contributed by atoms with Crippen molar-refractivity contribution < 1.29 is 18.3 Å². The molecule has 1 N–H and O–H groups in total. The van der Waals surface area contributed by atoms with Crippen LogP contribution in [0.1, 0.15) is 31.5 Å². The van der Waals surface area contributed by atoms with Crippen molar-refractivity contribution in [1.82, 2.24) is 24.6 Å². The number of nitrogens with zero attached hydrogens (tertiary/aromatic N) is 6. The van der Waals surface area contributed by atoms with Crippen LogP contribution in [0.3, 0.4) is 0 Å². The summed E-state index contributed by atoms with van der Waals surface area (Å²) in [6.07, 6.45) is 6.18. The van der Waals surface area contributed by atoms with E-state index in [9.17, 15) is 13.6 Å². The number of hydrogen-bond donors (Lipinski definition) is 1. The van der Waals surface area contributed by atoms with Gasteiger partial charge >= 0.3 is 6.61 Å². The highest BCUT2D eigenvalue weighted by Crippen LogP contribution is 2.35. The van der Waals surface area contributed by atoms with E-state index in [1.165, 1.54) is 12.4 Å². The van der Waals surface area contributed by atoms with Crippen molar-refractivity contribution in [2.24, 2.45) is 7.05 Å². The number of aryl methyl sites for hydroxylation is 3. The van der Waals surface area contributed by atoms with Crippen LogP contribution in [0.4, 0.5) is 20.2 Å². The third-order valence-corrected chi connectivity index (χ3v) is 7.54. The predicted octanol–water partition coefficient (Wildman–Crippen LogP) is 5.71. The van der Waals surface area contributed by atoms with Gasteiger partial charge in [0.1, 0.15) is 12.1 Å². The van der Waals surface area contributed by atoms with Crippen molar-refractivity contribution in [3.8, 4) is 17.0 Å². The minimum atomic E-state index is -2.98. The summed E-state index contributed by atoms with van der Waals surface area (Å²) in [7, 11) is 3.77. The second-order valence-corrected chi connectivity index (χ2v) is 10.3. The van der Waals surface area contributed by atoms with Gasteiger partial charge in [-0.3, -0.25) is 9.48 Å². The van der Waals surface area contributed by atoms with Gasteiger partial charge in [-0.05, 0) is 68.3 Å². The van der Waals surface area contributed by atoms with Gasteiger partial charge < -0.3 is 19.9 Å². The lowest BCUT2D eigenvalue weighted by Crippen LogP contribution is -2.33. The van der Waals surface area contributed by atoms with Crippen molar-refractivity contribution >= 4 is 28.2 Å². The van der Waals surface area contributed by atoms with Crippen LogP contribution in [0, 0.1) is 0 Å². The average molecular weight is 592 g/mol. The molecule has 2 aromatic heterocycles. The first-order valence-corrected chi connectivity index (χ1v) is 14.4. The van der Waals surface area contributed by atoms with E-state index in [0.29, 0.717) is 42.7 Å². The quantitative estimate of drug-likeness (QED) is 0.177. The average Bonchev–Trinajstić information content (AvgIpc) is 3.38. The fourth-order valence-electron chi connectivity index (χ4n) is 5.04. The Morgan fingerprint density at radius 3 is 2.63 bits per heavy atom. The minimum Gasteiger partial charge on any atom is -0.434 e. The van der Waals surface area contributed by atoms with E-state index >= 15 is 0 Å². The molecule has 0 aliphatic carbocycles. The van der Waals surface area contributed by atoms with Gasteiger partial charge in [0.25, 0.3) is 0 Å². The van der Waals surface area contributed by atoms with Crippen LogP contribution in [0.15, 0.2) is 61.6 Å². The van der Waals surface area contributed by atoms with E-state index in [1.807, 2.05) is 54.1 Å². The van der Waals surface area contributed by atoms with Gasteiger partial charge in [0.05, 0.1) is 28.8 Å². The lowest BCUT2D eigenvalue weighted by Gasteiger charge is -2.27. The number of carbonyl (C=O) groups is 1. The number of alkyl halides is 2. The van der Waals surface area contributed by atoms with Crippen LogP contribution in [0.5, 0.6) is 5.75 Å². The van der Waals surface area contributed by atoms with Crippen LogP contribution < -0.4 is 15.0 Å². The number of aromatic nitrogens is 4. The van der Waals surface area contributed by atoms with E-state index < -0.39 is 6.61 Å². The largest absolute Gasteiger partial charge is 0.434 e. The molecule has 0 fully saturated rings. The zero-order chi connectivity index (χ0) is 30.9. The number of ether oxygens (including phenoxy) is 1. The highest BCUT2D eigenvalue weighted by Gasteiger charge is 2.18. The summed E-state index contributed by atoms with van der Waals surface area (Å²) in [6, 6.07) is 11.3. The van der Waals surface area contributed by atoms with Gasteiger partial charge in [-0.15, -0.1) is 0 Å². The van der Waals surface area contributed by atoms with Crippen LogP contribution in [0.25, 0.3) is 22.2 Å². The molecule has 11 heteroatoms. The second-order valence-electron chi connectivity index (χ2n) is 10.3. The zero-order valence-corrected chi connectivity index (χ0v) is 25.2. The van der Waals surface area contributed by atoms with Crippen molar-refractivity contribution in [3.05, 3.63) is 72.8 Å². The smallest absolute Gasteiger partial charge is 0.387 e. The first kappa shape index (κ1) is 31.6. The summed E-state index contributed by atoms with van der Waals surface area (Å²) in [4.78, 5) is 25.4. The molecule has 4 aromatic rings. The summed E-state index contributed by atoms with van der Waals surface area (Å²) < 4.78 is 33.8. The number of likely N-dealkylation sites (N-methyl/N-ethyl adjacent to an activating group) is 2.